The number of anilines is 1. The molecule has 0 radical (unpaired) electrons. The third-order valence-electron chi connectivity index (χ3n) is 3.91. The summed E-state index contributed by atoms with van der Waals surface area (Å²) in [6.45, 7) is 1.59. The molecule has 0 saturated heterocycles. The zero-order valence-corrected chi connectivity index (χ0v) is 15.0. The zero-order chi connectivity index (χ0) is 19.6. The molecule has 0 saturated carbocycles. The molecule has 0 atom stereocenters. The Morgan fingerprint density at radius 2 is 1.78 bits per heavy atom. The van der Waals surface area contributed by atoms with Crippen LogP contribution in [0.3, 0.4) is 0 Å². The van der Waals surface area contributed by atoms with E-state index in [2.05, 4.69) is 9.71 Å². The molecule has 138 valence electrons. The highest BCUT2D eigenvalue weighted by molar-refractivity contribution is 7.92. The third-order valence-corrected chi connectivity index (χ3v) is 5.28. The van der Waals surface area contributed by atoms with Crippen molar-refractivity contribution in [1.29, 1.82) is 0 Å². The molecule has 0 aliphatic carbocycles. The van der Waals surface area contributed by atoms with Gasteiger partial charge < -0.3 is 5.11 Å². The smallest absolute Gasteiger partial charge is 0.335 e. The lowest BCUT2D eigenvalue weighted by atomic mass is 10.1. The summed E-state index contributed by atoms with van der Waals surface area (Å²) in [6, 6.07) is 12.8. The fourth-order valence-corrected chi connectivity index (χ4v) is 3.53. The summed E-state index contributed by atoms with van der Waals surface area (Å²) < 4.78 is 40.4. The molecule has 1 heterocycles. The van der Waals surface area contributed by atoms with E-state index in [9.17, 15) is 17.6 Å². The van der Waals surface area contributed by atoms with E-state index < -0.39 is 16.0 Å². The molecule has 0 aliphatic rings. The van der Waals surface area contributed by atoms with Crippen molar-refractivity contribution in [2.45, 2.75) is 11.8 Å². The van der Waals surface area contributed by atoms with Gasteiger partial charge in [-0.1, -0.05) is 6.07 Å². The molecular weight excluding hydrogens is 371 g/mol. The van der Waals surface area contributed by atoms with Gasteiger partial charge in [0.25, 0.3) is 10.0 Å². The van der Waals surface area contributed by atoms with E-state index in [1.54, 1.807) is 25.1 Å². The number of hydrogen-bond donors (Lipinski definition) is 2. The first-order chi connectivity index (χ1) is 12.8. The Morgan fingerprint density at radius 3 is 2.37 bits per heavy atom. The van der Waals surface area contributed by atoms with Crippen molar-refractivity contribution < 1.29 is 22.7 Å². The molecule has 0 fully saturated rings. The molecule has 8 heteroatoms. The quantitative estimate of drug-likeness (QED) is 0.697. The molecule has 2 N–H and O–H groups in total. The van der Waals surface area contributed by atoms with Crippen LogP contribution in [0.4, 0.5) is 10.1 Å². The number of halogens is 1. The van der Waals surface area contributed by atoms with Gasteiger partial charge in [0.15, 0.2) is 0 Å². The van der Waals surface area contributed by atoms with Crippen molar-refractivity contribution in [1.82, 2.24) is 4.98 Å². The number of nitrogens with zero attached hydrogens (tertiary/aromatic N) is 1. The summed E-state index contributed by atoms with van der Waals surface area (Å²) in [7, 11) is -3.97. The van der Waals surface area contributed by atoms with Crippen LogP contribution in [0.1, 0.15) is 15.9 Å². The molecule has 2 aromatic carbocycles. The second-order valence-electron chi connectivity index (χ2n) is 5.83. The molecule has 0 unspecified atom stereocenters. The SMILES string of the molecule is Cc1ccc(S(=O)(=O)Nc2ccc(-c3ccc(F)cc3)nc2)cc1C(=O)O. The largest absolute Gasteiger partial charge is 0.478 e. The highest BCUT2D eigenvalue weighted by Gasteiger charge is 2.18. The van der Waals surface area contributed by atoms with Crippen LogP contribution in [0.25, 0.3) is 11.3 Å². The van der Waals surface area contributed by atoms with Crippen molar-refractivity contribution >= 4 is 21.7 Å². The minimum absolute atomic E-state index is 0.0809. The Bertz CT molecular complexity index is 1100. The highest BCUT2D eigenvalue weighted by atomic mass is 32.2. The standard InChI is InChI=1S/C19H15FN2O4S/c1-12-2-8-16(10-17(12)19(23)24)27(25,26)22-15-7-9-18(21-11-15)13-3-5-14(20)6-4-13/h2-11,22H,1H3,(H,23,24). The number of aryl methyl sites for hydroxylation is 1. The topological polar surface area (TPSA) is 96.4 Å². The summed E-state index contributed by atoms with van der Waals surface area (Å²) in [5, 5.41) is 9.15. The number of benzene rings is 2. The number of rotatable bonds is 5. The van der Waals surface area contributed by atoms with Crippen LogP contribution in [0.15, 0.2) is 65.7 Å². The van der Waals surface area contributed by atoms with Gasteiger partial charge in [-0.25, -0.2) is 17.6 Å². The zero-order valence-electron chi connectivity index (χ0n) is 14.2. The maximum atomic E-state index is 13.0. The minimum atomic E-state index is -3.97. The molecule has 3 aromatic rings. The van der Waals surface area contributed by atoms with Crippen LogP contribution < -0.4 is 4.72 Å². The van der Waals surface area contributed by atoms with Crippen molar-refractivity contribution in [3.63, 3.8) is 0 Å². The molecule has 0 amide bonds. The van der Waals surface area contributed by atoms with Gasteiger partial charge in [-0.05, 0) is 61.0 Å². The van der Waals surface area contributed by atoms with E-state index in [0.717, 1.165) is 6.07 Å². The Morgan fingerprint density at radius 1 is 1.07 bits per heavy atom. The average Bonchev–Trinajstić information content (AvgIpc) is 2.63. The summed E-state index contributed by atoms with van der Waals surface area (Å²) >= 11 is 0. The number of pyridine rings is 1. The number of aromatic carboxylic acids is 1. The Labute approximate surface area is 155 Å². The van der Waals surface area contributed by atoms with Gasteiger partial charge in [-0.3, -0.25) is 9.71 Å². The number of aromatic nitrogens is 1. The van der Waals surface area contributed by atoms with Gasteiger partial charge in [-0.2, -0.15) is 0 Å². The van der Waals surface area contributed by atoms with Crippen LogP contribution in [0.5, 0.6) is 0 Å². The van der Waals surface area contributed by atoms with Crippen LogP contribution in [0.2, 0.25) is 0 Å². The molecule has 3 rings (SSSR count). The number of sulfonamides is 1. The third kappa shape index (κ3) is 4.12. The molecule has 27 heavy (non-hydrogen) atoms. The van der Waals surface area contributed by atoms with Gasteiger partial charge in [0.05, 0.1) is 28.0 Å². The monoisotopic (exact) mass is 386 g/mol. The summed E-state index contributed by atoms with van der Waals surface area (Å²) in [5.41, 5.74) is 1.85. The van der Waals surface area contributed by atoms with Crippen LogP contribution >= 0.6 is 0 Å². The van der Waals surface area contributed by atoms with Crippen LogP contribution in [-0.4, -0.2) is 24.5 Å². The molecule has 0 aliphatic heterocycles. The lowest BCUT2D eigenvalue weighted by Gasteiger charge is -2.10. The summed E-state index contributed by atoms with van der Waals surface area (Å²) in [6.07, 6.45) is 1.34. The van der Waals surface area contributed by atoms with Crippen molar-refractivity contribution in [2.24, 2.45) is 0 Å². The molecule has 0 bridgehead atoms. The molecule has 0 spiro atoms. The highest BCUT2D eigenvalue weighted by Crippen LogP contribution is 2.22. The predicted octanol–water partition coefficient (Wildman–Crippen LogP) is 3.70. The first-order valence-corrected chi connectivity index (χ1v) is 9.33. The molecule has 6 nitrogen and oxygen atoms in total. The number of carbonyl (C=O) groups is 1. The number of carboxylic acids is 1. The van der Waals surface area contributed by atoms with Crippen LogP contribution in [-0.2, 0) is 10.0 Å². The molecule has 1 aromatic heterocycles. The van der Waals surface area contributed by atoms with E-state index in [0.29, 0.717) is 16.8 Å². The summed E-state index contributed by atoms with van der Waals surface area (Å²) in [5.74, 6) is -1.56. The number of carboxylic acid groups (broad SMARTS) is 1. The normalized spacial score (nSPS) is 11.2. The lowest BCUT2D eigenvalue weighted by molar-refractivity contribution is 0.0696. The van der Waals surface area contributed by atoms with Crippen molar-refractivity contribution in [3.05, 3.63) is 77.7 Å². The van der Waals surface area contributed by atoms with Gasteiger partial charge >= 0.3 is 5.97 Å². The van der Waals surface area contributed by atoms with Crippen molar-refractivity contribution in [2.75, 3.05) is 4.72 Å². The fourth-order valence-electron chi connectivity index (χ4n) is 2.46. The van der Waals surface area contributed by atoms with Crippen LogP contribution in [0, 0.1) is 12.7 Å². The first kappa shape index (κ1) is 18.5. The van der Waals surface area contributed by atoms with E-state index in [1.165, 1.54) is 36.5 Å². The minimum Gasteiger partial charge on any atom is -0.478 e. The maximum Gasteiger partial charge on any atom is 0.335 e. The summed E-state index contributed by atoms with van der Waals surface area (Å²) in [4.78, 5) is 15.2. The Hall–Kier alpha value is -3.26. The van der Waals surface area contributed by atoms with Gasteiger partial charge in [0.2, 0.25) is 0 Å². The second-order valence-corrected chi connectivity index (χ2v) is 7.51. The predicted molar refractivity (Wildman–Crippen MR) is 98.6 cm³/mol. The molecular formula is C19H15FN2O4S. The van der Waals surface area contributed by atoms with Crippen molar-refractivity contribution in [3.8, 4) is 11.3 Å². The lowest BCUT2D eigenvalue weighted by Crippen LogP contribution is -2.14. The van der Waals surface area contributed by atoms with E-state index in [4.69, 9.17) is 5.11 Å². The maximum absolute atomic E-state index is 13.0. The van der Waals surface area contributed by atoms with E-state index in [-0.39, 0.29) is 22.0 Å². The number of nitrogens with one attached hydrogen (secondary N) is 1. The van der Waals surface area contributed by atoms with Gasteiger partial charge in [0, 0.05) is 5.56 Å². The Balaban J connectivity index is 1.85. The Kier molecular flexibility index (Phi) is 4.91. The van der Waals surface area contributed by atoms with E-state index in [1.807, 2.05) is 0 Å². The second kappa shape index (κ2) is 7.16. The average molecular weight is 386 g/mol. The van der Waals surface area contributed by atoms with Gasteiger partial charge in [0.1, 0.15) is 5.82 Å². The van der Waals surface area contributed by atoms with E-state index >= 15 is 0 Å². The number of hydrogen-bond acceptors (Lipinski definition) is 4. The first-order valence-electron chi connectivity index (χ1n) is 7.85. The van der Waals surface area contributed by atoms with Gasteiger partial charge in [-0.15, -0.1) is 0 Å². The fraction of sp³-hybridized carbons (Fsp3) is 0.0526.